The van der Waals surface area contributed by atoms with E-state index >= 15 is 4.39 Å². The Bertz CT molecular complexity index is 1040. The van der Waals surface area contributed by atoms with Crippen molar-refractivity contribution in [3.8, 4) is 0 Å². The number of anilines is 3. The van der Waals surface area contributed by atoms with Crippen LogP contribution in [0.2, 0.25) is 0 Å². The van der Waals surface area contributed by atoms with Crippen LogP contribution in [0.25, 0.3) is 0 Å². The van der Waals surface area contributed by atoms with Crippen molar-refractivity contribution >= 4 is 17.5 Å². The molecule has 0 N–H and O–H groups in total. The van der Waals surface area contributed by atoms with Crippen molar-refractivity contribution in [3.05, 3.63) is 40.2 Å². The lowest BCUT2D eigenvalue weighted by Crippen LogP contribution is -2.49. The summed E-state index contributed by atoms with van der Waals surface area (Å²) in [6.07, 6.45) is -7.13. The normalized spacial score (nSPS) is 21.8. The van der Waals surface area contributed by atoms with Gasteiger partial charge in [0.1, 0.15) is 11.7 Å². The van der Waals surface area contributed by atoms with E-state index in [-0.39, 0.29) is 48.4 Å². The van der Waals surface area contributed by atoms with Crippen molar-refractivity contribution in [2.24, 2.45) is 0 Å². The highest BCUT2D eigenvalue weighted by atomic mass is 19.4. The van der Waals surface area contributed by atoms with Crippen LogP contribution in [0.15, 0.2) is 23.1 Å². The van der Waals surface area contributed by atoms with Gasteiger partial charge in [0.15, 0.2) is 5.82 Å². The van der Waals surface area contributed by atoms with E-state index in [1.54, 1.807) is 6.92 Å². The first-order chi connectivity index (χ1) is 15.1. The first-order valence-electron chi connectivity index (χ1n) is 9.84. The minimum atomic E-state index is -4.82. The van der Waals surface area contributed by atoms with Gasteiger partial charge < -0.3 is 14.5 Å². The van der Waals surface area contributed by atoms with Crippen LogP contribution in [0.3, 0.4) is 0 Å². The molecule has 0 spiro atoms. The number of alkyl halides is 5. The lowest BCUT2D eigenvalue weighted by atomic mass is 10.1. The SMILES string of the molecule is CC1COCCN1c1nc2n(c(=O)c1F)C(C(F)(F)F)CCN2c1ccc(C(F)F)nc1. The molecular weight excluding hydrogens is 444 g/mol. The number of nitrogens with zero attached hydrogens (tertiary/aromatic N) is 5. The molecule has 2 aromatic heterocycles. The Morgan fingerprint density at radius 3 is 2.56 bits per heavy atom. The number of aromatic nitrogens is 3. The smallest absolute Gasteiger partial charge is 0.377 e. The fraction of sp³-hybridized carbons (Fsp3) is 0.526. The molecule has 2 aliphatic rings. The number of ether oxygens (including phenoxy) is 1. The van der Waals surface area contributed by atoms with Crippen LogP contribution < -0.4 is 15.4 Å². The minimum Gasteiger partial charge on any atom is -0.377 e. The standard InChI is InChI=1S/C19H19F6N5O2/c1-10-9-32-7-6-28(10)16-14(20)17(31)30-13(19(23,24)25)4-5-29(18(30)27-16)11-2-3-12(15(21)22)26-8-11/h2-3,8,10,13,15H,4-7,9H2,1H3. The molecule has 1 saturated heterocycles. The summed E-state index contributed by atoms with van der Waals surface area (Å²) in [4.78, 5) is 23.3. The van der Waals surface area contributed by atoms with Crippen LogP contribution in [-0.4, -0.2) is 53.1 Å². The van der Waals surface area contributed by atoms with Gasteiger partial charge in [-0.05, 0) is 25.5 Å². The van der Waals surface area contributed by atoms with E-state index in [0.29, 0.717) is 0 Å². The summed E-state index contributed by atoms with van der Waals surface area (Å²) in [5.41, 5.74) is -1.80. The van der Waals surface area contributed by atoms with E-state index < -0.39 is 48.1 Å². The monoisotopic (exact) mass is 463 g/mol. The van der Waals surface area contributed by atoms with Gasteiger partial charge in [0.05, 0.1) is 31.1 Å². The van der Waals surface area contributed by atoms with Crippen LogP contribution in [0.4, 0.5) is 43.8 Å². The number of fused-ring (bicyclic) bond motifs is 1. The molecule has 0 amide bonds. The molecule has 4 rings (SSSR count). The van der Waals surface area contributed by atoms with Crippen LogP contribution in [0.1, 0.15) is 31.5 Å². The fourth-order valence-corrected chi connectivity index (χ4v) is 3.91. The molecule has 0 radical (unpaired) electrons. The molecule has 2 atom stereocenters. The van der Waals surface area contributed by atoms with Gasteiger partial charge in [0.25, 0.3) is 12.0 Å². The molecule has 2 aliphatic heterocycles. The first-order valence-corrected chi connectivity index (χ1v) is 9.84. The van der Waals surface area contributed by atoms with Crippen molar-refractivity contribution in [1.29, 1.82) is 0 Å². The third-order valence-corrected chi connectivity index (χ3v) is 5.53. The molecule has 0 aliphatic carbocycles. The predicted octanol–water partition coefficient (Wildman–Crippen LogP) is 3.59. The van der Waals surface area contributed by atoms with E-state index in [1.807, 2.05) is 0 Å². The molecule has 2 aromatic rings. The zero-order chi connectivity index (χ0) is 23.2. The Balaban J connectivity index is 1.87. The van der Waals surface area contributed by atoms with E-state index in [4.69, 9.17) is 4.74 Å². The minimum absolute atomic E-state index is 0.156. The molecule has 4 heterocycles. The van der Waals surface area contributed by atoms with Crippen molar-refractivity contribution < 1.29 is 31.1 Å². The Morgan fingerprint density at radius 1 is 1.22 bits per heavy atom. The summed E-state index contributed by atoms with van der Waals surface area (Å²) in [5.74, 6) is -2.18. The summed E-state index contributed by atoms with van der Waals surface area (Å²) < 4.78 is 87.3. The molecule has 0 aromatic carbocycles. The second kappa shape index (κ2) is 8.26. The van der Waals surface area contributed by atoms with Gasteiger partial charge in [-0.15, -0.1) is 0 Å². The van der Waals surface area contributed by atoms with E-state index in [2.05, 4.69) is 9.97 Å². The molecule has 0 bridgehead atoms. The average molecular weight is 463 g/mol. The number of pyridine rings is 1. The topological polar surface area (TPSA) is 63.5 Å². The summed E-state index contributed by atoms with van der Waals surface area (Å²) in [5, 5.41) is 0. The number of halogens is 6. The van der Waals surface area contributed by atoms with Crippen molar-refractivity contribution in [1.82, 2.24) is 14.5 Å². The Labute approximate surface area is 178 Å². The van der Waals surface area contributed by atoms with E-state index in [9.17, 15) is 26.7 Å². The number of morpholine rings is 1. The number of rotatable bonds is 3. The molecule has 32 heavy (non-hydrogen) atoms. The third-order valence-electron chi connectivity index (χ3n) is 5.53. The van der Waals surface area contributed by atoms with E-state index in [0.717, 1.165) is 12.3 Å². The lowest BCUT2D eigenvalue weighted by Gasteiger charge is -2.39. The van der Waals surface area contributed by atoms with Gasteiger partial charge in [0, 0.05) is 13.1 Å². The summed E-state index contributed by atoms with van der Waals surface area (Å²) in [6, 6.07) is -0.352. The highest BCUT2D eigenvalue weighted by Gasteiger charge is 2.47. The highest BCUT2D eigenvalue weighted by molar-refractivity contribution is 5.60. The second-order valence-electron chi connectivity index (χ2n) is 7.58. The molecule has 7 nitrogen and oxygen atoms in total. The van der Waals surface area contributed by atoms with E-state index in [1.165, 1.54) is 15.9 Å². The molecule has 2 unspecified atom stereocenters. The Hall–Kier alpha value is -2.83. The largest absolute Gasteiger partial charge is 0.409 e. The molecular formula is C19H19F6N5O2. The van der Waals surface area contributed by atoms with Gasteiger partial charge in [-0.1, -0.05) is 0 Å². The maximum atomic E-state index is 15.0. The van der Waals surface area contributed by atoms with Crippen molar-refractivity contribution in [2.75, 3.05) is 36.1 Å². The van der Waals surface area contributed by atoms with Gasteiger partial charge in [-0.2, -0.15) is 22.5 Å². The van der Waals surface area contributed by atoms with Gasteiger partial charge in [-0.25, -0.2) is 8.78 Å². The Morgan fingerprint density at radius 2 is 1.97 bits per heavy atom. The fourth-order valence-electron chi connectivity index (χ4n) is 3.91. The van der Waals surface area contributed by atoms with Crippen LogP contribution in [0, 0.1) is 5.82 Å². The first kappa shape index (κ1) is 22.4. The summed E-state index contributed by atoms with van der Waals surface area (Å²) in [6.45, 7) is 2.14. The summed E-state index contributed by atoms with van der Waals surface area (Å²) >= 11 is 0. The number of hydrogen-bond donors (Lipinski definition) is 0. The number of hydrogen-bond acceptors (Lipinski definition) is 6. The molecule has 174 valence electrons. The third kappa shape index (κ3) is 3.89. The molecule has 1 fully saturated rings. The zero-order valence-electron chi connectivity index (χ0n) is 16.8. The lowest BCUT2D eigenvalue weighted by molar-refractivity contribution is -0.170. The van der Waals surface area contributed by atoms with Gasteiger partial charge in [-0.3, -0.25) is 14.3 Å². The molecule has 13 heteroatoms. The maximum Gasteiger partial charge on any atom is 0.409 e. The highest BCUT2D eigenvalue weighted by Crippen LogP contribution is 2.41. The molecule has 0 saturated carbocycles. The van der Waals surface area contributed by atoms with Crippen LogP contribution in [0.5, 0.6) is 0 Å². The zero-order valence-corrected chi connectivity index (χ0v) is 16.8. The van der Waals surface area contributed by atoms with Gasteiger partial charge in [0.2, 0.25) is 11.8 Å². The maximum absolute atomic E-state index is 15.0. The van der Waals surface area contributed by atoms with Crippen molar-refractivity contribution in [2.45, 2.75) is 38.0 Å². The van der Waals surface area contributed by atoms with Crippen LogP contribution >= 0.6 is 0 Å². The van der Waals surface area contributed by atoms with Crippen LogP contribution in [-0.2, 0) is 4.74 Å². The second-order valence-corrected chi connectivity index (χ2v) is 7.58. The van der Waals surface area contributed by atoms with Gasteiger partial charge >= 0.3 is 6.18 Å². The Kier molecular flexibility index (Phi) is 5.77. The quantitative estimate of drug-likeness (QED) is 0.649. The van der Waals surface area contributed by atoms with Crippen molar-refractivity contribution in [3.63, 3.8) is 0 Å². The summed E-state index contributed by atoms with van der Waals surface area (Å²) in [7, 11) is 0. The average Bonchev–Trinajstić information content (AvgIpc) is 2.75. The predicted molar refractivity (Wildman–Crippen MR) is 102 cm³/mol.